The maximum Gasteiger partial charge on any atom is 0.331 e. The largest absolute Gasteiger partial charge is 0.493 e. The Kier molecular flexibility index (Phi) is 7.86. The minimum atomic E-state index is -1.64. The van der Waals surface area contributed by atoms with Crippen LogP contribution >= 0.6 is 0 Å². The summed E-state index contributed by atoms with van der Waals surface area (Å²) in [5, 5.41) is 50.2. The summed E-state index contributed by atoms with van der Waals surface area (Å²) in [4.78, 5) is 12.8. The SMILES string of the molecule is COc1ccc(C=CC(=O)OC2C3C=COC(OC4OC(CO)C(O)C(O)C4O)C3[C@@]3(CO)OC23)cc1OC. The second kappa shape index (κ2) is 11.0. The molecule has 2 saturated heterocycles. The number of esters is 1. The molecule has 214 valence electrons. The number of aliphatic hydroxyl groups excluding tert-OH is 5. The minimum absolute atomic E-state index is 0.417. The first-order chi connectivity index (χ1) is 18.8. The fraction of sp³-hybridized carbons (Fsp3) is 0.577. The average Bonchev–Trinajstić information content (AvgIpc) is 3.63. The number of fused-ring (bicyclic) bond motifs is 3. The molecule has 4 aliphatic rings. The van der Waals surface area contributed by atoms with Crippen molar-refractivity contribution < 1.29 is 63.5 Å². The van der Waals surface area contributed by atoms with Crippen molar-refractivity contribution in [2.24, 2.45) is 11.8 Å². The van der Waals surface area contributed by atoms with Gasteiger partial charge in [0, 0.05) is 12.0 Å². The molecule has 5 rings (SSSR count). The second-order valence-electron chi connectivity index (χ2n) is 9.77. The normalized spacial score (nSPS) is 40.5. The summed E-state index contributed by atoms with van der Waals surface area (Å²) in [5.74, 6) is -0.727. The molecule has 0 amide bonds. The summed E-state index contributed by atoms with van der Waals surface area (Å²) >= 11 is 0. The summed E-state index contributed by atoms with van der Waals surface area (Å²) in [6.45, 7) is -1.04. The van der Waals surface area contributed by atoms with Gasteiger partial charge in [-0.1, -0.05) is 6.07 Å². The smallest absolute Gasteiger partial charge is 0.331 e. The van der Waals surface area contributed by atoms with Crippen molar-refractivity contribution in [3.05, 3.63) is 42.2 Å². The number of methoxy groups -OCH3 is 2. The topological polar surface area (TPSA) is 186 Å². The Morgan fingerprint density at radius 3 is 2.51 bits per heavy atom. The number of rotatable bonds is 9. The molecule has 3 aliphatic heterocycles. The molecule has 1 aromatic carbocycles. The third kappa shape index (κ3) is 4.89. The number of epoxide rings is 1. The van der Waals surface area contributed by atoms with Crippen LogP contribution in [0.5, 0.6) is 11.5 Å². The molecule has 13 nitrogen and oxygen atoms in total. The Hall–Kier alpha value is -2.75. The van der Waals surface area contributed by atoms with Gasteiger partial charge in [0.15, 0.2) is 17.8 Å². The lowest BCUT2D eigenvalue weighted by molar-refractivity contribution is -0.344. The molecule has 39 heavy (non-hydrogen) atoms. The molecule has 0 bridgehead atoms. The predicted octanol–water partition coefficient (Wildman–Crippen LogP) is -1.31. The molecule has 13 heteroatoms. The van der Waals surface area contributed by atoms with Crippen molar-refractivity contribution in [3.8, 4) is 11.5 Å². The molecule has 1 saturated carbocycles. The van der Waals surface area contributed by atoms with Crippen molar-refractivity contribution in [2.45, 2.75) is 54.8 Å². The lowest BCUT2D eigenvalue weighted by Crippen LogP contribution is -2.60. The summed E-state index contributed by atoms with van der Waals surface area (Å²) < 4.78 is 39.0. The van der Waals surface area contributed by atoms with Crippen molar-refractivity contribution in [2.75, 3.05) is 27.4 Å². The van der Waals surface area contributed by atoms with Crippen LogP contribution in [0.4, 0.5) is 0 Å². The Morgan fingerprint density at radius 1 is 1.05 bits per heavy atom. The first kappa shape index (κ1) is 27.8. The van der Waals surface area contributed by atoms with E-state index in [0.29, 0.717) is 17.1 Å². The standard InChI is InChI=1S/C26H32O13/c1-33-14-5-3-12(9-15(14)34-2)4-6-17(29)37-22-13-7-8-35-24(18(13)26(11-28)23(22)39-26)38-25-21(32)20(31)19(30)16(10-27)36-25/h3-9,13,16,18-25,27-28,30-32H,10-11H2,1-2H3/t13?,16?,18?,19?,20?,21?,22?,23?,24?,25?,26-/m1/s1. The fourth-order valence-corrected chi connectivity index (χ4v) is 5.58. The predicted molar refractivity (Wildman–Crippen MR) is 129 cm³/mol. The highest BCUT2D eigenvalue weighted by Crippen LogP contribution is 2.60. The third-order valence-electron chi connectivity index (χ3n) is 7.67. The quantitative estimate of drug-likeness (QED) is 0.138. The maximum absolute atomic E-state index is 12.8. The van der Waals surface area contributed by atoms with Crippen molar-refractivity contribution in [1.82, 2.24) is 0 Å². The van der Waals surface area contributed by atoms with Gasteiger partial charge in [-0.3, -0.25) is 0 Å². The number of hydrogen-bond acceptors (Lipinski definition) is 13. The summed E-state index contributed by atoms with van der Waals surface area (Å²) in [7, 11) is 3.03. The molecule has 3 heterocycles. The molecule has 5 N–H and O–H groups in total. The minimum Gasteiger partial charge on any atom is -0.493 e. The molecule has 10 unspecified atom stereocenters. The van der Waals surface area contributed by atoms with Crippen molar-refractivity contribution >= 4 is 12.0 Å². The molecule has 0 spiro atoms. The molecule has 0 aromatic heterocycles. The first-order valence-electron chi connectivity index (χ1n) is 12.5. The van der Waals surface area contributed by atoms with Gasteiger partial charge in [-0.2, -0.15) is 0 Å². The van der Waals surface area contributed by atoms with E-state index in [4.69, 9.17) is 33.2 Å². The highest BCUT2D eigenvalue weighted by Gasteiger charge is 2.77. The fourth-order valence-electron chi connectivity index (χ4n) is 5.58. The Balaban J connectivity index is 1.29. The number of aliphatic hydroxyl groups is 5. The zero-order valence-corrected chi connectivity index (χ0v) is 21.2. The van der Waals surface area contributed by atoms with Crippen LogP contribution in [0.3, 0.4) is 0 Å². The summed E-state index contributed by atoms with van der Waals surface area (Å²) in [5.41, 5.74) is -0.452. The number of carbonyl (C=O) groups excluding carboxylic acids is 1. The van der Waals surface area contributed by atoms with E-state index in [2.05, 4.69) is 0 Å². The highest BCUT2D eigenvalue weighted by atomic mass is 16.8. The number of hydrogen-bond donors (Lipinski definition) is 5. The van der Waals surface area contributed by atoms with Crippen LogP contribution in [0, 0.1) is 11.8 Å². The van der Waals surface area contributed by atoms with E-state index in [1.807, 2.05) is 0 Å². The van der Waals surface area contributed by atoms with Gasteiger partial charge in [-0.25, -0.2) is 4.79 Å². The maximum atomic E-state index is 12.8. The van der Waals surface area contributed by atoms with Gasteiger partial charge >= 0.3 is 5.97 Å². The lowest BCUT2D eigenvalue weighted by Gasteiger charge is -2.43. The van der Waals surface area contributed by atoms with Crippen LogP contribution in [-0.2, 0) is 28.5 Å². The number of ether oxygens (including phenoxy) is 7. The summed E-state index contributed by atoms with van der Waals surface area (Å²) in [6.07, 6.45) is -4.14. The Morgan fingerprint density at radius 2 is 1.82 bits per heavy atom. The van der Waals surface area contributed by atoms with Crippen molar-refractivity contribution in [3.63, 3.8) is 0 Å². The molecule has 0 radical (unpaired) electrons. The van der Waals surface area contributed by atoms with E-state index < -0.39 is 85.8 Å². The van der Waals surface area contributed by atoms with E-state index in [1.54, 1.807) is 30.4 Å². The monoisotopic (exact) mass is 552 g/mol. The van der Waals surface area contributed by atoms with Gasteiger partial charge in [0.2, 0.25) is 6.29 Å². The van der Waals surface area contributed by atoms with Crippen LogP contribution < -0.4 is 9.47 Å². The first-order valence-corrected chi connectivity index (χ1v) is 12.5. The number of carbonyl (C=O) groups is 1. The number of benzene rings is 1. The van der Waals surface area contributed by atoms with Crippen molar-refractivity contribution in [1.29, 1.82) is 0 Å². The zero-order chi connectivity index (χ0) is 27.9. The van der Waals surface area contributed by atoms with Crippen LogP contribution in [-0.4, -0.2) is 114 Å². The molecule has 3 fully saturated rings. The summed E-state index contributed by atoms with van der Waals surface area (Å²) in [6, 6.07) is 5.17. The van der Waals surface area contributed by atoms with Crippen LogP contribution in [0.1, 0.15) is 5.56 Å². The Bertz CT molecular complexity index is 1110. The van der Waals surface area contributed by atoms with Gasteiger partial charge in [0.1, 0.15) is 42.2 Å². The third-order valence-corrected chi connectivity index (χ3v) is 7.67. The van der Waals surface area contributed by atoms with E-state index in [9.17, 15) is 30.3 Å². The average molecular weight is 553 g/mol. The van der Waals surface area contributed by atoms with Crippen LogP contribution in [0.25, 0.3) is 6.08 Å². The lowest BCUT2D eigenvalue weighted by atomic mass is 9.85. The highest BCUT2D eigenvalue weighted by molar-refractivity contribution is 5.87. The zero-order valence-electron chi connectivity index (χ0n) is 21.2. The molecule has 1 aromatic rings. The molecule has 1 aliphatic carbocycles. The molecular weight excluding hydrogens is 520 g/mol. The van der Waals surface area contributed by atoms with E-state index in [0.717, 1.165) is 0 Å². The van der Waals surface area contributed by atoms with Gasteiger partial charge in [0.05, 0.1) is 39.6 Å². The second-order valence-corrected chi connectivity index (χ2v) is 9.77. The van der Waals surface area contributed by atoms with E-state index in [-0.39, 0.29) is 0 Å². The van der Waals surface area contributed by atoms with Crippen LogP contribution in [0.2, 0.25) is 0 Å². The van der Waals surface area contributed by atoms with Gasteiger partial charge in [0.25, 0.3) is 0 Å². The van der Waals surface area contributed by atoms with Gasteiger partial charge in [-0.05, 0) is 29.8 Å². The van der Waals surface area contributed by atoms with Crippen LogP contribution in [0.15, 0.2) is 36.6 Å². The Labute approximate surface area is 223 Å². The molecule has 11 atom stereocenters. The van der Waals surface area contributed by atoms with E-state index in [1.165, 1.54) is 26.6 Å². The molecular formula is C26H32O13. The van der Waals surface area contributed by atoms with E-state index >= 15 is 0 Å². The van der Waals surface area contributed by atoms with Gasteiger partial charge in [-0.15, -0.1) is 0 Å². The van der Waals surface area contributed by atoms with Gasteiger partial charge < -0.3 is 58.7 Å².